The van der Waals surface area contributed by atoms with Crippen molar-refractivity contribution in [2.45, 2.75) is 24.9 Å². The minimum atomic E-state index is -3.81. The summed E-state index contributed by atoms with van der Waals surface area (Å²) < 4.78 is 31.1. The SMILES string of the molecule is Cc1ccc(S(=O)(=O)N(Cc2ccccc2)Cc2cn(-c3ccccc3)nc2-c2cccc(Cl)c2)cc1. The van der Waals surface area contributed by atoms with Crippen LogP contribution in [0.3, 0.4) is 0 Å². The van der Waals surface area contributed by atoms with E-state index < -0.39 is 10.0 Å². The Hall–Kier alpha value is -3.71. The number of nitrogens with zero attached hydrogens (tertiary/aromatic N) is 3. The summed E-state index contributed by atoms with van der Waals surface area (Å²) in [4.78, 5) is 0.258. The van der Waals surface area contributed by atoms with Gasteiger partial charge in [-0.1, -0.05) is 90.0 Å². The number of hydrogen-bond donors (Lipinski definition) is 0. The molecule has 0 radical (unpaired) electrons. The molecule has 0 amide bonds. The highest BCUT2D eigenvalue weighted by Crippen LogP contribution is 2.29. The summed E-state index contributed by atoms with van der Waals surface area (Å²) in [7, 11) is -3.81. The molecule has 0 fully saturated rings. The molecule has 1 heterocycles. The maximum atomic E-state index is 13.9. The lowest BCUT2D eigenvalue weighted by molar-refractivity contribution is 0.401. The highest BCUT2D eigenvalue weighted by Gasteiger charge is 2.27. The van der Waals surface area contributed by atoms with Gasteiger partial charge in [-0.3, -0.25) is 0 Å². The second-order valence-electron chi connectivity index (χ2n) is 8.87. The Balaban J connectivity index is 1.61. The van der Waals surface area contributed by atoms with Crippen LogP contribution in [0.5, 0.6) is 0 Å². The zero-order valence-corrected chi connectivity index (χ0v) is 21.9. The predicted molar refractivity (Wildman–Crippen MR) is 148 cm³/mol. The van der Waals surface area contributed by atoms with Gasteiger partial charge in [0.25, 0.3) is 0 Å². The van der Waals surface area contributed by atoms with Crippen LogP contribution in [0.1, 0.15) is 16.7 Å². The van der Waals surface area contributed by atoms with E-state index >= 15 is 0 Å². The topological polar surface area (TPSA) is 55.2 Å². The van der Waals surface area contributed by atoms with Gasteiger partial charge in [-0.15, -0.1) is 0 Å². The molecular weight excluding hydrogens is 502 g/mol. The summed E-state index contributed by atoms with van der Waals surface area (Å²) in [6.07, 6.45) is 1.90. The lowest BCUT2D eigenvalue weighted by Gasteiger charge is -2.22. The molecule has 0 saturated heterocycles. The fraction of sp³-hybridized carbons (Fsp3) is 0.100. The molecule has 0 atom stereocenters. The molecule has 0 unspecified atom stereocenters. The summed E-state index contributed by atoms with van der Waals surface area (Å²) in [6.45, 7) is 2.30. The van der Waals surface area contributed by atoms with Crippen LogP contribution in [0.15, 0.2) is 120 Å². The largest absolute Gasteiger partial charge is 0.243 e. The monoisotopic (exact) mass is 527 g/mol. The third kappa shape index (κ3) is 5.67. The first-order valence-corrected chi connectivity index (χ1v) is 13.7. The predicted octanol–water partition coefficient (Wildman–Crippen LogP) is 6.89. The Morgan fingerprint density at radius 3 is 2.16 bits per heavy atom. The summed E-state index contributed by atoms with van der Waals surface area (Å²) in [5.41, 5.74) is 5.07. The van der Waals surface area contributed by atoms with Gasteiger partial charge in [0.15, 0.2) is 0 Å². The third-order valence-corrected chi connectivity index (χ3v) is 8.16. The van der Waals surface area contributed by atoms with E-state index in [-0.39, 0.29) is 18.0 Å². The highest BCUT2D eigenvalue weighted by molar-refractivity contribution is 7.89. The molecule has 0 spiro atoms. The zero-order chi connectivity index (χ0) is 25.8. The van der Waals surface area contributed by atoms with Crippen LogP contribution in [0.2, 0.25) is 5.02 Å². The van der Waals surface area contributed by atoms with Crippen LogP contribution in [0, 0.1) is 6.92 Å². The molecule has 0 saturated carbocycles. The molecule has 7 heteroatoms. The molecule has 0 aliphatic heterocycles. The van der Waals surface area contributed by atoms with Crippen LogP contribution < -0.4 is 0 Å². The summed E-state index contributed by atoms with van der Waals surface area (Å²) >= 11 is 6.31. The molecule has 5 aromatic rings. The van der Waals surface area contributed by atoms with Gasteiger partial charge in [0.2, 0.25) is 10.0 Å². The van der Waals surface area contributed by atoms with Gasteiger partial charge in [0, 0.05) is 35.4 Å². The second kappa shape index (κ2) is 10.7. The molecular formula is C30H26ClN3O2S. The van der Waals surface area contributed by atoms with E-state index in [0.29, 0.717) is 10.7 Å². The van der Waals surface area contributed by atoms with Gasteiger partial charge < -0.3 is 0 Å². The van der Waals surface area contributed by atoms with Crippen molar-refractivity contribution in [3.8, 4) is 16.9 Å². The Labute approximate surface area is 222 Å². The number of para-hydroxylation sites is 1. The van der Waals surface area contributed by atoms with E-state index in [2.05, 4.69) is 0 Å². The molecule has 1 aromatic heterocycles. The number of aromatic nitrogens is 2. The van der Waals surface area contributed by atoms with Crippen molar-refractivity contribution in [2.24, 2.45) is 0 Å². The molecule has 0 bridgehead atoms. The average Bonchev–Trinajstić information content (AvgIpc) is 3.34. The lowest BCUT2D eigenvalue weighted by atomic mass is 10.1. The minimum Gasteiger partial charge on any atom is -0.240 e. The van der Waals surface area contributed by atoms with Crippen LogP contribution in [0.4, 0.5) is 0 Å². The Morgan fingerprint density at radius 1 is 0.811 bits per heavy atom. The molecule has 4 aromatic carbocycles. The first-order valence-electron chi connectivity index (χ1n) is 11.9. The minimum absolute atomic E-state index is 0.139. The van der Waals surface area contributed by atoms with E-state index in [4.69, 9.17) is 16.7 Å². The van der Waals surface area contributed by atoms with Crippen molar-refractivity contribution in [3.63, 3.8) is 0 Å². The van der Waals surface area contributed by atoms with Crippen molar-refractivity contribution >= 4 is 21.6 Å². The summed E-state index contributed by atoms with van der Waals surface area (Å²) in [5, 5.41) is 5.44. The number of rotatable bonds is 8. The number of aryl methyl sites for hydroxylation is 1. The molecule has 0 aliphatic rings. The third-order valence-electron chi connectivity index (χ3n) is 6.12. The van der Waals surface area contributed by atoms with Gasteiger partial charge in [-0.2, -0.15) is 9.40 Å². The fourth-order valence-electron chi connectivity index (χ4n) is 4.18. The Bertz CT molecular complexity index is 1600. The number of halogens is 1. The van der Waals surface area contributed by atoms with Crippen LogP contribution in [-0.2, 0) is 23.1 Å². The fourth-order valence-corrected chi connectivity index (χ4v) is 5.78. The van der Waals surface area contributed by atoms with Gasteiger partial charge in [0.05, 0.1) is 16.3 Å². The molecule has 186 valence electrons. The maximum absolute atomic E-state index is 13.9. The molecule has 0 aliphatic carbocycles. The van der Waals surface area contributed by atoms with Crippen LogP contribution >= 0.6 is 11.6 Å². The van der Waals surface area contributed by atoms with Gasteiger partial charge in [0.1, 0.15) is 0 Å². The number of sulfonamides is 1. The first-order chi connectivity index (χ1) is 17.9. The van der Waals surface area contributed by atoms with Crippen molar-refractivity contribution in [1.82, 2.24) is 14.1 Å². The van der Waals surface area contributed by atoms with Crippen LogP contribution in [-0.4, -0.2) is 22.5 Å². The van der Waals surface area contributed by atoms with Crippen molar-refractivity contribution in [1.29, 1.82) is 0 Å². The Morgan fingerprint density at radius 2 is 1.49 bits per heavy atom. The second-order valence-corrected chi connectivity index (χ2v) is 11.2. The van der Waals surface area contributed by atoms with Crippen molar-refractivity contribution in [3.05, 3.63) is 137 Å². The standard InChI is InChI=1S/C30H26ClN3O2S/c1-23-15-17-29(18-16-23)37(35,36)33(20-24-9-4-2-5-10-24)21-26-22-34(28-13-6-3-7-14-28)32-30(26)25-11-8-12-27(31)19-25/h2-19,22H,20-21H2,1H3. The highest BCUT2D eigenvalue weighted by atomic mass is 35.5. The van der Waals surface area contributed by atoms with E-state index in [0.717, 1.165) is 27.9 Å². The van der Waals surface area contributed by atoms with Crippen molar-refractivity contribution < 1.29 is 8.42 Å². The lowest BCUT2D eigenvalue weighted by Crippen LogP contribution is -2.30. The van der Waals surface area contributed by atoms with Gasteiger partial charge in [-0.25, -0.2) is 13.1 Å². The zero-order valence-electron chi connectivity index (χ0n) is 20.3. The maximum Gasteiger partial charge on any atom is 0.243 e. The normalized spacial score (nSPS) is 11.6. The Kier molecular flexibility index (Phi) is 7.24. The summed E-state index contributed by atoms with van der Waals surface area (Å²) in [6, 6.07) is 33.8. The van der Waals surface area contributed by atoms with E-state index in [9.17, 15) is 8.42 Å². The van der Waals surface area contributed by atoms with Gasteiger partial charge >= 0.3 is 0 Å². The molecule has 5 rings (SSSR count). The molecule has 5 nitrogen and oxygen atoms in total. The molecule has 37 heavy (non-hydrogen) atoms. The van der Waals surface area contributed by atoms with E-state index in [1.807, 2.05) is 110 Å². The van der Waals surface area contributed by atoms with Crippen molar-refractivity contribution in [2.75, 3.05) is 0 Å². The smallest absolute Gasteiger partial charge is 0.240 e. The van der Waals surface area contributed by atoms with E-state index in [1.165, 1.54) is 4.31 Å². The summed E-state index contributed by atoms with van der Waals surface area (Å²) in [5.74, 6) is 0. The first kappa shape index (κ1) is 25.0. The molecule has 0 N–H and O–H groups in total. The average molecular weight is 528 g/mol. The quantitative estimate of drug-likeness (QED) is 0.221. The van der Waals surface area contributed by atoms with Crippen LogP contribution in [0.25, 0.3) is 16.9 Å². The van der Waals surface area contributed by atoms with E-state index in [1.54, 1.807) is 16.8 Å². The number of hydrogen-bond acceptors (Lipinski definition) is 3. The van der Waals surface area contributed by atoms with Gasteiger partial charge in [-0.05, 0) is 48.9 Å². The number of benzene rings is 4.